The molecule has 0 saturated heterocycles. The molecule has 3 N–H and O–H groups in total. The first-order valence-electron chi connectivity index (χ1n) is 3.82. The van der Waals surface area contributed by atoms with Gasteiger partial charge in [0.05, 0.1) is 6.54 Å². The van der Waals surface area contributed by atoms with E-state index < -0.39 is 19.1 Å². The first-order chi connectivity index (χ1) is 5.52. The third-order valence-electron chi connectivity index (χ3n) is 1.42. The number of halogens is 2. The Morgan fingerprint density at radius 2 is 2.00 bits per heavy atom. The predicted molar refractivity (Wildman–Crippen MR) is 41.2 cm³/mol. The molecule has 3 nitrogen and oxygen atoms in total. The van der Waals surface area contributed by atoms with E-state index in [-0.39, 0.29) is 12.5 Å². The SMILES string of the molecule is CC(CO)CNCC(F)(F)CO. The van der Waals surface area contributed by atoms with Crippen molar-refractivity contribution in [2.45, 2.75) is 12.8 Å². The van der Waals surface area contributed by atoms with Crippen LogP contribution in [0.3, 0.4) is 0 Å². The zero-order valence-electron chi connectivity index (χ0n) is 7.06. The minimum Gasteiger partial charge on any atom is -0.396 e. The first-order valence-corrected chi connectivity index (χ1v) is 3.82. The first kappa shape index (κ1) is 11.7. The lowest BCUT2D eigenvalue weighted by Gasteiger charge is -2.15. The molecular formula is C7H15F2NO2. The molecule has 74 valence electrons. The van der Waals surface area contributed by atoms with Crippen LogP contribution in [0.4, 0.5) is 8.78 Å². The Bertz CT molecular complexity index is 122. The highest BCUT2D eigenvalue weighted by molar-refractivity contribution is 4.68. The summed E-state index contributed by atoms with van der Waals surface area (Å²) < 4.78 is 24.7. The number of hydrogen-bond donors (Lipinski definition) is 3. The molecule has 0 aromatic heterocycles. The molecule has 5 heteroatoms. The van der Waals surface area contributed by atoms with Crippen LogP contribution in [0.25, 0.3) is 0 Å². The van der Waals surface area contributed by atoms with Gasteiger partial charge in [-0.2, -0.15) is 0 Å². The average molecular weight is 183 g/mol. The van der Waals surface area contributed by atoms with Crippen molar-refractivity contribution in [2.75, 3.05) is 26.3 Å². The van der Waals surface area contributed by atoms with Crippen molar-refractivity contribution in [1.29, 1.82) is 0 Å². The highest BCUT2D eigenvalue weighted by Crippen LogP contribution is 2.09. The molecule has 0 radical (unpaired) electrons. The van der Waals surface area contributed by atoms with Crippen molar-refractivity contribution >= 4 is 0 Å². The standard InChI is InChI=1S/C7H15F2NO2/c1-6(3-11)2-10-4-7(8,9)5-12/h6,10-12H,2-5H2,1H3. The highest BCUT2D eigenvalue weighted by Gasteiger charge is 2.26. The van der Waals surface area contributed by atoms with Gasteiger partial charge >= 0.3 is 0 Å². The van der Waals surface area contributed by atoms with E-state index in [1.807, 2.05) is 0 Å². The molecule has 0 aromatic rings. The maximum atomic E-state index is 12.3. The van der Waals surface area contributed by atoms with E-state index in [0.29, 0.717) is 6.54 Å². The van der Waals surface area contributed by atoms with Crippen molar-refractivity contribution in [3.05, 3.63) is 0 Å². The van der Waals surface area contributed by atoms with Crippen LogP contribution in [0.1, 0.15) is 6.92 Å². The smallest absolute Gasteiger partial charge is 0.282 e. The van der Waals surface area contributed by atoms with Gasteiger partial charge in [0.2, 0.25) is 0 Å². The summed E-state index contributed by atoms with van der Waals surface area (Å²) >= 11 is 0. The molecular weight excluding hydrogens is 168 g/mol. The third kappa shape index (κ3) is 5.40. The number of aliphatic hydroxyl groups excluding tert-OH is 2. The molecule has 0 fully saturated rings. The second-order valence-electron chi connectivity index (χ2n) is 2.93. The van der Waals surface area contributed by atoms with Crippen LogP contribution < -0.4 is 5.32 Å². The van der Waals surface area contributed by atoms with Crippen molar-refractivity contribution in [1.82, 2.24) is 5.32 Å². The van der Waals surface area contributed by atoms with E-state index in [1.54, 1.807) is 6.92 Å². The fourth-order valence-electron chi connectivity index (χ4n) is 0.622. The van der Waals surface area contributed by atoms with Gasteiger partial charge in [-0.1, -0.05) is 6.92 Å². The molecule has 0 amide bonds. The van der Waals surface area contributed by atoms with Crippen LogP contribution in [-0.2, 0) is 0 Å². The summed E-state index contributed by atoms with van der Waals surface area (Å²) in [7, 11) is 0. The summed E-state index contributed by atoms with van der Waals surface area (Å²) in [5.74, 6) is -3.10. The Morgan fingerprint density at radius 1 is 1.42 bits per heavy atom. The molecule has 0 spiro atoms. The lowest BCUT2D eigenvalue weighted by molar-refractivity contribution is -0.0481. The van der Waals surface area contributed by atoms with Crippen LogP contribution >= 0.6 is 0 Å². The lowest BCUT2D eigenvalue weighted by atomic mass is 10.2. The largest absolute Gasteiger partial charge is 0.396 e. The minimum absolute atomic E-state index is 0.0301. The Kier molecular flexibility index (Phi) is 5.28. The maximum Gasteiger partial charge on any atom is 0.282 e. The van der Waals surface area contributed by atoms with Gasteiger partial charge in [0.25, 0.3) is 5.92 Å². The summed E-state index contributed by atoms with van der Waals surface area (Å²) in [6.45, 7) is 0.342. The van der Waals surface area contributed by atoms with Gasteiger partial charge in [-0.15, -0.1) is 0 Å². The summed E-state index contributed by atoms with van der Waals surface area (Å²) in [5.41, 5.74) is 0. The third-order valence-corrected chi connectivity index (χ3v) is 1.42. The van der Waals surface area contributed by atoms with E-state index >= 15 is 0 Å². The second-order valence-corrected chi connectivity index (χ2v) is 2.93. The Morgan fingerprint density at radius 3 is 2.42 bits per heavy atom. The van der Waals surface area contributed by atoms with Gasteiger partial charge in [-0.05, 0) is 5.92 Å². The topological polar surface area (TPSA) is 52.5 Å². The van der Waals surface area contributed by atoms with Gasteiger partial charge in [-0.25, -0.2) is 8.78 Å². The maximum absolute atomic E-state index is 12.3. The lowest BCUT2D eigenvalue weighted by Crippen LogP contribution is -2.38. The van der Waals surface area contributed by atoms with Crippen LogP contribution in [0.15, 0.2) is 0 Å². The van der Waals surface area contributed by atoms with Crippen LogP contribution in [0.5, 0.6) is 0 Å². The van der Waals surface area contributed by atoms with Crippen molar-refractivity contribution in [3.63, 3.8) is 0 Å². The van der Waals surface area contributed by atoms with Gasteiger partial charge in [0.1, 0.15) is 6.61 Å². The van der Waals surface area contributed by atoms with E-state index in [2.05, 4.69) is 5.32 Å². The number of rotatable bonds is 6. The van der Waals surface area contributed by atoms with Crippen molar-refractivity contribution in [3.8, 4) is 0 Å². The minimum atomic E-state index is -3.06. The number of alkyl halides is 2. The van der Waals surface area contributed by atoms with Gasteiger partial charge in [0.15, 0.2) is 0 Å². The summed E-state index contributed by atoms with van der Waals surface area (Å²) in [5, 5.41) is 19.2. The second kappa shape index (κ2) is 5.40. The molecule has 0 aliphatic rings. The van der Waals surface area contributed by atoms with E-state index in [9.17, 15) is 8.78 Å². The zero-order valence-corrected chi connectivity index (χ0v) is 7.06. The van der Waals surface area contributed by atoms with Crippen LogP contribution in [0, 0.1) is 5.92 Å². The fourth-order valence-corrected chi connectivity index (χ4v) is 0.622. The van der Waals surface area contributed by atoms with E-state index in [4.69, 9.17) is 10.2 Å². The fraction of sp³-hybridized carbons (Fsp3) is 1.00. The molecule has 0 heterocycles. The number of hydrogen-bond acceptors (Lipinski definition) is 3. The van der Waals surface area contributed by atoms with Gasteiger partial charge in [-0.3, -0.25) is 0 Å². The Hall–Kier alpha value is -0.260. The normalized spacial score (nSPS) is 14.8. The molecule has 12 heavy (non-hydrogen) atoms. The number of aliphatic hydroxyl groups is 2. The Labute approximate surface area is 70.4 Å². The quantitative estimate of drug-likeness (QED) is 0.536. The van der Waals surface area contributed by atoms with Crippen molar-refractivity contribution in [2.24, 2.45) is 5.92 Å². The molecule has 0 saturated carbocycles. The predicted octanol–water partition coefficient (Wildman–Crippen LogP) is -0.168. The molecule has 0 bridgehead atoms. The molecule has 0 aliphatic heterocycles. The summed E-state index contributed by atoms with van der Waals surface area (Å²) in [6.07, 6.45) is 0. The van der Waals surface area contributed by atoms with Crippen molar-refractivity contribution < 1.29 is 19.0 Å². The van der Waals surface area contributed by atoms with E-state index in [0.717, 1.165) is 0 Å². The molecule has 0 aliphatic carbocycles. The van der Waals surface area contributed by atoms with Crippen LogP contribution in [-0.4, -0.2) is 42.4 Å². The summed E-state index contributed by atoms with van der Waals surface area (Å²) in [4.78, 5) is 0. The monoisotopic (exact) mass is 183 g/mol. The highest BCUT2D eigenvalue weighted by atomic mass is 19.3. The van der Waals surface area contributed by atoms with Gasteiger partial charge < -0.3 is 15.5 Å². The molecule has 1 unspecified atom stereocenters. The van der Waals surface area contributed by atoms with Crippen LogP contribution in [0.2, 0.25) is 0 Å². The van der Waals surface area contributed by atoms with E-state index in [1.165, 1.54) is 0 Å². The van der Waals surface area contributed by atoms with Gasteiger partial charge in [0, 0.05) is 13.2 Å². The number of nitrogens with one attached hydrogen (secondary N) is 1. The molecule has 1 atom stereocenters. The molecule has 0 aromatic carbocycles. The zero-order chi connectivity index (χ0) is 9.61. The summed E-state index contributed by atoms with van der Waals surface area (Å²) in [6, 6.07) is 0. The molecule has 0 rings (SSSR count). The average Bonchev–Trinajstić information content (AvgIpc) is 2.04. The Balaban J connectivity index is 3.42.